The van der Waals surface area contributed by atoms with Gasteiger partial charge in [0.1, 0.15) is 5.76 Å². The van der Waals surface area contributed by atoms with Crippen LogP contribution in [-0.2, 0) is 4.74 Å². The van der Waals surface area contributed by atoms with Crippen molar-refractivity contribution >= 4 is 27.5 Å². The molecule has 0 aliphatic heterocycles. The Morgan fingerprint density at radius 3 is 3.00 bits per heavy atom. The van der Waals surface area contributed by atoms with Gasteiger partial charge in [-0.2, -0.15) is 0 Å². The lowest BCUT2D eigenvalue weighted by Crippen LogP contribution is -2.13. The third-order valence-corrected chi connectivity index (χ3v) is 3.53. The fourth-order valence-electron chi connectivity index (χ4n) is 2.00. The number of hydrogen-bond donors (Lipinski definition) is 0. The molecule has 1 atom stereocenters. The Bertz CT molecular complexity index is 390. The van der Waals surface area contributed by atoms with E-state index < -0.39 is 0 Å². The standard InChI is InChI=1S/C12H12BrClO/c1-15-12-5-2-8-6-9(13)3-4-10(8)11(12)7-14/h3-6,8H,2,7H2,1H3. The first-order valence-corrected chi connectivity index (χ1v) is 6.18. The van der Waals surface area contributed by atoms with E-state index >= 15 is 0 Å². The van der Waals surface area contributed by atoms with E-state index in [0.29, 0.717) is 11.8 Å². The molecule has 3 heteroatoms. The Morgan fingerprint density at radius 1 is 1.53 bits per heavy atom. The van der Waals surface area contributed by atoms with Crippen LogP contribution in [0.1, 0.15) is 6.42 Å². The van der Waals surface area contributed by atoms with Gasteiger partial charge in [-0.3, -0.25) is 0 Å². The van der Waals surface area contributed by atoms with Gasteiger partial charge >= 0.3 is 0 Å². The summed E-state index contributed by atoms with van der Waals surface area (Å²) in [6.45, 7) is 0. The molecular formula is C12H12BrClO. The summed E-state index contributed by atoms with van der Waals surface area (Å²) in [5.41, 5.74) is 2.40. The first kappa shape index (κ1) is 11.0. The second kappa shape index (κ2) is 4.58. The van der Waals surface area contributed by atoms with Crippen molar-refractivity contribution in [3.05, 3.63) is 45.7 Å². The van der Waals surface area contributed by atoms with E-state index in [2.05, 4.69) is 40.2 Å². The lowest BCUT2D eigenvalue weighted by Gasteiger charge is -2.25. The minimum absolute atomic E-state index is 0.442. The van der Waals surface area contributed by atoms with Crippen molar-refractivity contribution in [2.24, 2.45) is 5.92 Å². The summed E-state index contributed by atoms with van der Waals surface area (Å²) in [4.78, 5) is 0. The van der Waals surface area contributed by atoms with Gasteiger partial charge in [0.15, 0.2) is 0 Å². The van der Waals surface area contributed by atoms with Gasteiger partial charge in [0.05, 0.1) is 13.0 Å². The van der Waals surface area contributed by atoms with Gasteiger partial charge in [0, 0.05) is 16.0 Å². The highest BCUT2D eigenvalue weighted by Crippen LogP contribution is 2.36. The van der Waals surface area contributed by atoms with Crippen LogP contribution in [0.25, 0.3) is 0 Å². The lowest BCUT2D eigenvalue weighted by atomic mass is 9.84. The molecule has 0 heterocycles. The monoisotopic (exact) mass is 286 g/mol. The highest BCUT2D eigenvalue weighted by molar-refractivity contribution is 9.11. The maximum absolute atomic E-state index is 5.97. The van der Waals surface area contributed by atoms with E-state index in [9.17, 15) is 0 Å². The fraction of sp³-hybridized carbons (Fsp3) is 0.333. The highest BCUT2D eigenvalue weighted by atomic mass is 79.9. The van der Waals surface area contributed by atoms with E-state index in [1.165, 1.54) is 5.57 Å². The van der Waals surface area contributed by atoms with Crippen molar-refractivity contribution in [3.63, 3.8) is 0 Å². The zero-order valence-electron chi connectivity index (χ0n) is 8.47. The van der Waals surface area contributed by atoms with Crippen LogP contribution in [0.3, 0.4) is 0 Å². The highest BCUT2D eigenvalue weighted by Gasteiger charge is 2.23. The number of ether oxygens (including phenoxy) is 1. The predicted molar refractivity (Wildman–Crippen MR) is 67.1 cm³/mol. The summed E-state index contributed by atoms with van der Waals surface area (Å²) in [6, 6.07) is 0. The molecular weight excluding hydrogens is 275 g/mol. The summed E-state index contributed by atoms with van der Waals surface area (Å²) in [5, 5.41) is 0. The summed E-state index contributed by atoms with van der Waals surface area (Å²) in [5.74, 6) is 1.87. The average Bonchev–Trinajstić information content (AvgIpc) is 2.27. The largest absolute Gasteiger partial charge is 0.497 e. The molecule has 0 amide bonds. The molecule has 15 heavy (non-hydrogen) atoms. The Morgan fingerprint density at radius 2 is 2.33 bits per heavy atom. The molecule has 0 saturated carbocycles. The van der Waals surface area contributed by atoms with E-state index in [1.807, 2.05) is 0 Å². The molecule has 0 saturated heterocycles. The van der Waals surface area contributed by atoms with Gasteiger partial charge in [-0.05, 0) is 24.1 Å². The first-order valence-electron chi connectivity index (χ1n) is 4.85. The number of hydrogen-bond acceptors (Lipinski definition) is 1. The summed E-state index contributed by atoms with van der Waals surface area (Å²) >= 11 is 9.46. The average molecular weight is 288 g/mol. The van der Waals surface area contributed by atoms with Crippen LogP contribution < -0.4 is 0 Å². The first-order chi connectivity index (χ1) is 7.26. The minimum Gasteiger partial charge on any atom is -0.497 e. The van der Waals surface area contributed by atoms with Crippen LogP contribution in [0.2, 0.25) is 0 Å². The molecule has 2 aliphatic rings. The number of halogens is 2. The normalized spacial score (nSPS) is 24.6. The molecule has 0 aromatic heterocycles. The van der Waals surface area contributed by atoms with Crippen LogP contribution >= 0.6 is 27.5 Å². The quantitative estimate of drug-likeness (QED) is 0.700. The third kappa shape index (κ3) is 2.06. The van der Waals surface area contributed by atoms with Crippen molar-refractivity contribution in [2.45, 2.75) is 6.42 Å². The SMILES string of the molecule is COC1=CCC2C=C(Br)C=CC2=C1CCl. The predicted octanol–water partition coefficient (Wildman–Crippen LogP) is 3.92. The van der Waals surface area contributed by atoms with Gasteiger partial charge in [-0.25, -0.2) is 0 Å². The number of allylic oxidation sites excluding steroid dienone is 7. The summed E-state index contributed by atoms with van der Waals surface area (Å²) < 4.78 is 6.46. The molecule has 2 rings (SSSR count). The number of rotatable bonds is 2. The molecule has 0 radical (unpaired) electrons. The molecule has 0 spiro atoms. The van der Waals surface area contributed by atoms with Gasteiger partial charge < -0.3 is 4.74 Å². The van der Waals surface area contributed by atoms with Crippen LogP contribution in [0, 0.1) is 5.92 Å². The molecule has 0 bridgehead atoms. The van der Waals surface area contributed by atoms with Crippen molar-refractivity contribution < 1.29 is 4.74 Å². The number of methoxy groups -OCH3 is 1. The van der Waals surface area contributed by atoms with E-state index in [-0.39, 0.29) is 0 Å². The zero-order valence-corrected chi connectivity index (χ0v) is 10.8. The zero-order chi connectivity index (χ0) is 10.8. The van der Waals surface area contributed by atoms with Gasteiger partial charge in [0.25, 0.3) is 0 Å². The second-order valence-corrected chi connectivity index (χ2v) is 4.75. The van der Waals surface area contributed by atoms with Crippen molar-refractivity contribution in [1.29, 1.82) is 0 Å². The summed E-state index contributed by atoms with van der Waals surface area (Å²) in [7, 11) is 1.69. The maximum atomic E-state index is 5.97. The Balaban J connectivity index is 2.41. The summed E-state index contributed by atoms with van der Waals surface area (Å²) in [6.07, 6.45) is 9.49. The van der Waals surface area contributed by atoms with Crippen LogP contribution in [0.15, 0.2) is 45.7 Å². The van der Waals surface area contributed by atoms with Crippen LogP contribution in [0.5, 0.6) is 0 Å². The lowest BCUT2D eigenvalue weighted by molar-refractivity contribution is 0.295. The van der Waals surface area contributed by atoms with E-state index in [4.69, 9.17) is 16.3 Å². The molecule has 0 aromatic carbocycles. The Kier molecular flexibility index (Phi) is 3.37. The van der Waals surface area contributed by atoms with Crippen molar-refractivity contribution in [3.8, 4) is 0 Å². The molecule has 0 fully saturated rings. The van der Waals surface area contributed by atoms with Gasteiger partial charge in [0.2, 0.25) is 0 Å². The van der Waals surface area contributed by atoms with Crippen molar-refractivity contribution in [1.82, 2.24) is 0 Å². The number of fused-ring (bicyclic) bond motifs is 1. The van der Waals surface area contributed by atoms with Gasteiger partial charge in [-0.15, -0.1) is 11.6 Å². The smallest absolute Gasteiger partial charge is 0.119 e. The van der Waals surface area contributed by atoms with E-state index in [0.717, 1.165) is 22.2 Å². The molecule has 1 unspecified atom stereocenters. The second-order valence-electron chi connectivity index (χ2n) is 3.57. The number of alkyl halides is 1. The van der Waals surface area contributed by atoms with E-state index in [1.54, 1.807) is 7.11 Å². The van der Waals surface area contributed by atoms with Crippen LogP contribution in [-0.4, -0.2) is 13.0 Å². The Labute approximate surface area is 103 Å². The minimum atomic E-state index is 0.442. The van der Waals surface area contributed by atoms with Crippen molar-refractivity contribution in [2.75, 3.05) is 13.0 Å². The molecule has 2 aliphatic carbocycles. The van der Waals surface area contributed by atoms with Crippen LogP contribution in [0.4, 0.5) is 0 Å². The Hall–Kier alpha value is -0.470. The molecule has 0 aromatic rings. The fourth-order valence-corrected chi connectivity index (χ4v) is 2.74. The van der Waals surface area contributed by atoms with Gasteiger partial charge in [-0.1, -0.05) is 28.1 Å². The topological polar surface area (TPSA) is 9.23 Å². The molecule has 1 nitrogen and oxygen atoms in total. The maximum Gasteiger partial charge on any atom is 0.119 e. The third-order valence-electron chi connectivity index (χ3n) is 2.74. The molecule has 80 valence electrons. The molecule has 0 N–H and O–H groups in total.